The van der Waals surface area contributed by atoms with Gasteiger partial charge in [0.05, 0.1) is 25.6 Å². The minimum absolute atomic E-state index is 0.144. The molecule has 34 heavy (non-hydrogen) atoms. The second-order valence-corrected chi connectivity index (χ2v) is 8.98. The lowest BCUT2D eigenvalue weighted by molar-refractivity contribution is -0.142. The van der Waals surface area contributed by atoms with Gasteiger partial charge in [0, 0.05) is 10.0 Å². The second-order valence-electron chi connectivity index (χ2n) is 8.07. The summed E-state index contributed by atoms with van der Waals surface area (Å²) in [6.07, 6.45) is -0.510. The molecule has 1 aliphatic rings. The summed E-state index contributed by atoms with van der Waals surface area (Å²) in [5.41, 5.74) is 2.61. The van der Waals surface area contributed by atoms with E-state index in [1.54, 1.807) is 11.8 Å². The molecule has 3 aromatic carbocycles. The van der Waals surface area contributed by atoms with Gasteiger partial charge in [-0.05, 0) is 55.3 Å². The molecular formula is C27H26BrNO5. The molecule has 0 spiro atoms. The number of ether oxygens (including phenoxy) is 3. The third-order valence-corrected chi connectivity index (χ3v) is 6.16. The van der Waals surface area contributed by atoms with Crippen LogP contribution in [-0.2, 0) is 27.2 Å². The number of rotatable bonds is 8. The Morgan fingerprint density at radius 1 is 1.06 bits per heavy atom. The Bertz CT molecular complexity index is 1170. The SMILES string of the molecule is CCOC(=O)Cc1cccc(Oc2ccc(Br)cc2CN2C(=O)O[C@H](c3ccccc3)[C@@H]2C)c1. The molecule has 1 heterocycles. The summed E-state index contributed by atoms with van der Waals surface area (Å²) in [6, 6.07) is 22.6. The van der Waals surface area contributed by atoms with Crippen molar-refractivity contribution in [3.8, 4) is 11.5 Å². The normalized spacial score (nSPS) is 17.4. The first-order valence-electron chi connectivity index (χ1n) is 11.2. The summed E-state index contributed by atoms with van der Waals surface area (Å²) < 4.78 is 17.8. The average Bonchev–Trinajstić information content (AvgIpc) is 3.10. The molecule has 0 aromatic heterocycles. The van der Waals surface area contributed by atoms with Gasteiger partial charge in [0.2, 0.25) is 0 Å². The number of nitrogens with zero attached hydrogens (tertiary/aromatic N) is 1. The van der Waals surface area contributed by atoms with Gasteiger partial charge in [0.25, 0.3) is 0 Å². The quantitative estimate of drug-likeness (QED) is 0.318. The lowest BCUT2D eigenvalue weighted by atomic mass is 10.0. The standard InChI is InChI=1S/C27H26BrNO5/c1-3-32-25(30)15-19-8-7-11-23(14-19)33-24-13-12-22(28)16-21(24)17-29-18(2)26(34-27(29)31)20-9-5-4-6-10-20/h4-14,16,18,26H,3,15,17H2,1-2H3/t18-,26-/m0/s1. The minimum atomic E-state index is -0.358. The van der Waals surface area contributed by atoms with Crippen molar-refractivity contribution in [3.05, 3.63) is 94.0 Å². The Morgan fingerprint density at radius 3 is 2.62 bits per heavy atom. The highest BCUT2D eigenvalue weighted by Gasteiger charge is 2.39. The molecule has 1 saturated heterocycles. The van der Waals surface area contributed by atoms with Crippen LogP contribution in [0.15, 0.2) is 77.3 Å². The van der Waals surface area contributed by atoms with Crippen molar-refractivity contribution in [2.75, 3.05) is 6.61 Å². The molecule has 0 aliphatic carbocycles. The van der Waals surface area contributed by atoms with E-state index in [2.05, 4.69) is 15.9 Å². The molecule has 0 unspecified atom stereocenters. The van der Waals surface area contributed by atoms with Gasteiger partial charge >= 0.3 is 12.1 Å². The topological polar surface area (TPSA) is 65.1 Å². The van der Waals surface area contributed by atoms with Crippen molar-refractivity contribution in [1.29, 1.82) is 0 Å². The van der Waals surface area contributed by atoms with Crippen LogP contribution in [0, 0.1) is 0 Å². The third-order valence-electron chi connectivity index (χ3n) is 5.66. The smallest absolute Gasteiger partial charge is 0.411 e. The fraction of sp³-hybridized carbons (Fsp3) is 0.259. The number of carbonyl (C=O) groups is 2. The summed E-state index contributed by atoms with van der Waals surface area (Å²) in [5.74, 6) is 0.947. The molecule has 1 amide bonds. The highest BCUT2D eigenvalue weighted by Crippen LogP contribution is 2.36. The first-order valence-corrected chi connectivity index (χ1v) is 12.0. The van der Waals surface area contributed by atoms with E-state index in [1.165, 1.54) is 0 Å². The maximum atomic E-state index is 12.7. The maximum Gasteiger partial charge on any atom is 0.411 e. The lowest BCUT2D eigenvalue weighted by Gasteiger charge is -2.22. The van der Waals surface area contributed by atoms with Crippen molar-refractivity contribution < 1.29 is 23.8 Å². The molecule has 7 heteroatoms. The molecule has 1 fully saturated rings. The van der Waals surface area contributed by atoms with E-state index in [0.717, 1.165) is 21.2 Å². The van der Waals surface area contributed by atoms with Crippen molar-refractivity contribution >= 4 is 28.0 Å². The number of carbonyl (C=O) groups excluding carboxylic acids is 2. The van der Waals surface area contributed by atoms with Crippen LogP contribution in [-0.4, -0.2) is 29.6 Å². The zero-order valence-corrected chi connectivity index (χ0v) is 20.7. The van der Waals surface area contributed by atoms with Crippen LogP contribution in [0.3, 0.4) is 0 Å². The molecular weight excluding hydrogens is 498 g/mol. The van der Waals surface area contributed by atoms with Gasteiger partial charge in [-0.1, -0.05) is 58.4 Å². The number of benzene rings is 3. The van der Waals surface area contributed by atoms with Crippen LogP contribution < -0.4 is 4.74 Å². The molecule has 6 nitrogen and oxygen atoms in total. The van der Waals surface area contributed by atoms with Gasteiger partial charge in [0.15, 0.2) is 0 Å². The van der Waals surface area contributed by atoms with Crippen LogP contribution in [0.4, 0.5) is 4.79 Å². The molecule has 0 bridgehead atoms. The molecule has 0 saturated carbocycles. The van der Waals surface area contributed by atoms with E-state index in [9.17, 15) is 9.59 Å². The summed E-state index contributed by atoms with van der Waals surface area (Å²) in [6.45, 7) is 4.45. The van der Waals surface area contributed by atoms with Crippen molar-refractivity contribution in [2.24, 2.45) is 0 Å². The summed E-state index contributed by atoms with van der Waals surface area (Å²) in [7, 11) is 0. The van der Waals surface area contributed by atoms with E-state index in [0.29, 0.717) is 24.7 Å². The Labute approximate surface area is 207 Å². The van der Waals surface area contributed by atoms with Crippen LogP contribution in [0.2, 0.25) is 0 Å². The first kappa shape index (κ1) is 23.8. The fourth-order valence-electron chi connectivity index (χ4n) is 3.98. The number of hydrogen-bond donors (Lipinski definition) is 0. The van der Waals surface area contributed by atoms with Gasteiger partial charge in [-0.3, -0.25) is 9.69 Å². The lowest BCUT2D eigenvalue weighted by Crippen LogP contribution is -2.31. The zero-order valence-electron chi connectivity index (χ0n) is 19.1. The van der Waals surface area contributed by atoms with Gasteiger partial charge in [-0.25, -0.2) is 4.79 Å². The van der Waals surface area contributed by atoms with Gasteiger partial charge in [-0.2, -0.15) is 0 Å². The first-order chi connectivity index (χ1) is 16.4. The highest BCUT2D eigenvalue weighted by atomic mass is 79.9. The number of halogens is 1. The largest absolute Gasteiger partial charge is 0.466 e. The highest BCUT2D eigenvalue weighted by molar-refractivity contribution is 9.10. The molecule has 4 rings (SSSR count). The summed E-state index contributed by atoms with van der Waals surface area (Å²) >= 11 is 3.52. The monoisotopic (exact) mass is 523 g/mol. The Hall–Kier alpha value is -3.32. The Kier molecular flexibility index (Phi) is 7.53. The van der Waals surface area contributed by atoms with Gasteiger partial charge in [0.1, 0.15) is 17.6 Å². The minimum Gasteiger partial charge on any atom is -0.466 e. The van der Waals surface area contributed by atoms with E-state index in [4.69, 9.17) is 14.2 Å². The Balaban J connectivity index is 1.53. The zero-order chi connectivity index (χ0) is 24.1. The predicted octanol–water partition coefficient (Wildman–Crippen LogP) is 6.43. The Morgan fingerprint density at radius 2 is 1.85 bits per heavy atom. The third kappa shape index (κ3) is 5.59. The van der Waals surface area contributed by atoms with E-state index in [1.807, 2.05) is 79.7 Å². The fourth-order valence-corrected chi connectivity index (χ4v) is 4.39. The molecule has 3 aromatic rings. The van der Waals surface area contributed by atoms with E-state index in [-0.39, 0.29) is 30.6 Å². The van der Waals surface area contributed by atoms with Crippen LogP contribution in [0.25, 0.3) is 0 Å². The second kappa shape index (κ2) is 10.7. The van der Waals surface area contributed by atoms with E-state index >= 15 is 0 Å². The summed E-state index contributed by atoms with van der Waals surface area (Å²) in [4.78, 5) is 26.3. The molecule has 0 radical (unpaired) electrons. The number of cyclic esters (lactones) is 1. The van der Waals surface area contributed by atoms with Gasteiger partial charge in [-0.15, -0.1) is 0 Å². The van der Waals surface area contributed by atoms with Crippen LogP contribution in [0.5, 0.6) is 11.5 Å². The summed E-state index contributed by atoms with van der Waals surface area (Å²) in [5, 5.41) is 0. The number of amides is 1. The molecule has 176 valence electrons. The average molecular weight is 524 g/mol. The molecule has 2 atom stereocenters. The van der Waals surface area contributed by atoms with Crippen LogP contribution in [0.1, 0.15) is 36.6 Å². The van der Waals surface area contributed by atoms with Gasteiger partial charge < -0.3 is 14.2 Å². The van der Waals surface area contributed by atoms with Crippen molar-refractivity contribution in [2.45, 2.75) is 39.0 Å². The van der Waals surface area contributed by atoms with Crippen LogP contribution >= 0.6 is 15.9 Å². The number of esters is 1. The van der Waals surface area contributed by atoms with E-state index < -0.39 is 0 Å². The maximum absolute atomic E-state index is 12.7. The van der Waals surface area contributed by atoms with Crippen molar-refractivity contribution in [3.63, 3.8) is 0 Å². The predicted molar refractivity (Wildman–Crippen MR) is 132 cm³/mol. The van der Waals surface area contributed by atoms with Crippen molar-refractivity contribution in [1.82, 2.24) is 4.90 Å². The molecule has 1 aliphatic heterocycles. The number of hydrogen-bond acceptors (Lipinski definition) is 5. The molecule has 0 N–H and O–H groups in total.